The highest BCUT2D eigenvalue weighted by molar-refractivity contribution is 5.71. The maximum absolute atomic E-state index is 8.42. The van der Waals surface area contributed by atoms with Gasteiger partial charge in [-0.25, -0.2) is 0 Å². The number of hydrogen-bond acceptors (Lipinski definition) is 1. The van der Waals surface area contributed by atoms with Gasteiger partial charge in [0.15, 0.2) is 6.61 Å². The van der Waals surface area contributed by atoms with Gasteiger partial charge in [-0.3, -0.25) is 0 Å². The second kappa shape index (κ2) is 1.29. The highest BCUT2D eigenvalue weighted by atomic mass is 16.5. The normalized spacial score (nSPS) is 21.0. The Labute approximate surface area is 36.1 Å². The lowest BCUT2D eigenvalue weighted by atomic mass is 10.4. The lowest BCUT2D eigenvalue weighted by molar-refractivity contribution is 0.312. The molecule has 0 radical (unpaired) electrons. The van der Waals surface area contributed by atoms with Gasteiger partial charge in [0.25, 0.3) is 0 Å². The van der Waals surface area contributed by atoms with E-state index >= 15 is 0 Å². The zero-order valence-electron chi connectivity index (χ0n) is 3.48. The van der Waals surface area contributed by atoms with Crippen molar-refractivity contribution in [3.05, 3.63) is 0 Å². The van der Waals surface area contributed by atoms with Crippen molar-refractivity contribution in [1.82, 2.24) is 0 Å². The molecule has 0 aromatic rings. The van der Waals surface area contributed by atoms with E-state index in [1.165, 1.54) is 0 Å². The fraction of sp³-hybridized carbons (Fsp3) is 0.750. The summed E-state index contributed by atoms with van der Waals surface area (Å²) in [4.78, 5) is 8.42. The molecular formula is C4H7O2+. The molecule has 1 saturated heterocycles. The van der Waals surface area contributed by atoms with Gasteiger partial charge in [-0.05, 0) is 0 Å². The Morgan fingerprint density at radius 3 is 2.67 bits per heavy atom. The molecule has 1 rings (SSSR count). The van der Waals surface area contributed by atoms with Gasteiger partial charge in [0.1, 0.15) is 6.42 Å². The van der Waals surface area contributed by atoms with Gasteiger partial charge in [0, 0.05) is 6.42 Å². The summed E-state index contributed by atoms with van der Waals surface area (Å²) in [5.41, 5.74) is 0. The lowest BCUT2D eigenvalue weighted by Gasteiger charge is -1.68. The van der Waals surface area contributed by atoms with Crippen molar-refractivity contribution < 1.29 is 9.53 Å². The van der Waals surface area contributed by atoms with Crippen LogP contribution in [0.1, 0.15) is 12.8 Å². The third-order valence-electron chi connectivity index (χ3n) is 0.804. The number of hydrogen-bond donors (Lipinski definition) is 0. The minimum atomic E-state index is 0.204. The molecule has 6 heavy (non-hydrogen) atoms. The Hall–Kier alpha value is -0.530. The molecule has 0 aliphatic carbocycles. The minimum absolute atomic E-state index is 0.204. The quantitative estimate of drug-likeness (QED) is 0.309. The van der Waals surface area contributed by atoms with E-state index < -0.39 is 0 Å². The molecule has 0 spiro atoms. The Morgan fingerprint density at radius 1 is 1.67 bits per heavy atom. The number of cyclic esters (lactones) is 1. The summed E-state index contributed by atoms with van der Waals surface area (Å²) in [7, 11) is 0. The molecule has 0 unspecified atom stereocenters. The molecule has 34 valence electrons. The largest absolute Gasteiger partial charge is 0.482 e. The van der Waals surface area contributed by atoms with E-state index in [0.717, 1.165) is 12.8 Å². The lowest BCUT2D eigenvalue weighted by Crippen LogP contribution is -1.89. The van der Waals surface area contributed by atoms with Crippen LogP contribution >= 0.6 is 0 Å². The van der Waals surface area contributed by atoms with Crippen molar-refractivity contribution in [2.45, 2.75) is 12.8 Å². The Kier molecular flexibility index (Phi) is 0.783. The molecule has 0 saturated carbocycles. The van der Waals surface area contributed by atoms with Gasteiger partial charge in [0.2, 0.25) is 0 Å². The van der Waals surface area contributed by atoms with Crippen LogP contribution in [-0.4, -0.2) is 17.4 Å². The second-order valence-corrected chi connectivity index (χ2v) is 1.35. The average Bonchev–Trinajstić information content (AvgIpc) is 1.86. The van der Waals surface area contributed by atoms with Crippen LogP contribution < -0.4 is 0 Å². The van der Waals surface area contributed by atoms with E-state index in [1.54, 1.807) is 0 Å². The molecule has 1 heterocycles. The number of rotatable bonds is 0. The first-order valence-corrected chi connectivity index (χ1v) is 2.07. The molecule has 1 aliphatic heterocycles. The zero-order chi connectivity index (χ0) is 4.41. The number of esters is 1. The summed E-state index contributed by atoms with van der Waals surface area (Å²) in [5, 5.41) is 0. The number of carbonyl (C=O) groups excluding carboxylic acids is 1. The molecule has 2 heteroatoms. The molecule has 0 aromatic carbocycles. The summed E-state index contributed by atoms with van der Waals surface area (Å²) < 4.78 is 4.62. The van der Waals surface area contributed by atoms with Crippen LogP contribution in [0.2, 0.25) is 0 Å². The molecular weight excluding hydrogens is 80.0 g/mol. The summed E-state index contributed by atoms with van der Waals surface area (Å²) in [5.74, 6) is 0.204. The van der Waals surface area contributed by atoms with Gasteiger partial charge in [-0.15, -0.1) is 0 Å². The molecule has 1 fully saturated rings. The van der Waals surface area contributed by atoms with Crippen molar-refractivity contribution in [2.75, 3.05) is 6.61 Å². The second-order valence-electron chi connectivity index (χ2n) is 1.35. The van der Waals surface area contributed by atoms with Gasteiger partial charge in [-0.1, -0.05) is 0 Å². The van der Waals surface area contributed by atoms with E-state index in [9.17, 15) is 0 Å². The predicted octanol–water partition coefficient (Wildman–Crippen LogP) is 0.299. The van der Waals surface area contributed by atoms with E-state index in [4.69, 9.17) is 4.79 Å². The van der Waals surface area contributed by atoms with Crippen LogP contribution in [0, 0.1) is 0 Å². The first-order chi connectivity index (χ1) is 2.89. The van der Waals surface area contributed by atoms with Crippen molar-refractivity contribution in [2.24, 2.45) is 0 Å². The van der Waals surface area contributed by atoms with Gasteiger partial charge in [0.05, 0.1) is 0 Å². The van der Waals surface area contributed by atoms with Crippen molar-refractivity contribution >= 4 is 5.97 Å². The standard InChI is InChI=1S/C4H6O2/c5-4-2-1-3-6-4/h1-3H2/p+1. The first kappa shape index (κ1) is 3.65. The molecule has 0 aromatic heterocycles. The first-order valence-electron chi connectivity index (χ1n) is 2.07. The fourth-order valence-corrected chi connectivity index (χ4v) is 0.486. The van der Waals surface area contributed by atoms with Crippen molar-refractivity contribution in [3.8, 4) is 0 Å². The Balaban J connectivity index is 2.37. The average molecular weight is 87.1 g/mol. The smallest absolute Gasteiger partial charge is 0.339 e. The van der Waals surface area contributed by atoms with Crippen molar-refractivity contribution in [1.29, 1.82) is 0 Å². The van der Waals surface area contributed by atoms with E-state index in [2.05, 4.69) is 4.74 Å². The van der Waals surface area contributed by atoms with Crippen LogP contribution in [0.15, 0.2) is 0 Å². The monoisotopic (exact) mass is 87.0 g/mol. The van der Waals surface area contributed by atoms with E-state index in [0.29, 0.717) is 6.61 Å². The molecule has 2 nitrogen and oxygen atoms in total. The third kappa shape index (κ3) is 0.506. The molecule has 0 amide bonds. The maximum atomic E-state index is 8.42. The molecule has 0 bridgehead atoms. The molecule has 1 aliphatic rings. The van der Waals surface area contributed by atoms with Crippen LogP contribution in [0.3, 0.4) is 0 Å². The summed E-state index contributed by atoms with van der Waals surface area (Å²) in [6.07, 6.45) is 1.71. The Bertz CT molecular complexity index is 59.9. The van der Waals surface area contributed by atoms with Gasteiger partial charge < -0.3 is 9.53 Å². The predicted molar refractivity (Wildman–Crippen MR) is 22.1 cm³/mol. The molecule has 0 atom stereocenters. The van der Waals surface area contributed by atoms with Crippen LogP contribution in [0.4, 0.5) is 0 Å². The number of ether oxygens (including phenoxy) is 1. The summed E-state index contributed by atoms with van der Waals surface area (Å²) >= 11 is 0. The highest BCUT2D eigenvalue weighted by Crippen LogP contribution is 2.00. The van der Waals surface area contributed by atoms with Crippen LogP contribution in [0.5, 0.6) is 0 Å². The van der Waals surface area contributed by atoms with Gasteiger partial charge in [-0.2, -0.15) is 0 Å². The third-order valence-corrected chi connectivity index (χ3v) is 0.804. The van der Waals surface area contributed by atoms with Gasteiger partial charge >= 0.3 is 5.97 Å². The van der Waals surface area contributed by atoms with E-state index in [1.807, 2.05) is 0 Å². The maximum Gasteiger partial charge on any atom is 0.482 e. The van der Waals surface area contributed by atoms with Crippen molar-refractivity contribution in [3.63, 3.8) is 0 Å². The zero-order valence-corrected chi connectivity index (χ0v) is 3.48. The summed E-state index contributed by atoms with van der Waals surface area (Å²) in [6, 6.07) is 0. The highest BCUT2D eigenvalue weighted by Gasteiger charge is 2.18. The summed E-state index contributed by atoms with van der Waals surface area (Å²) in [6.45, 7) is 0.700. The van der Waals surface area contributed by atoms with Crippen LogP contribution in [-0.2, 0) is 4.74 Å². The van der Waals surface area contributed by atoms with Crippen LogP contribution in [0.25, 0.3) is 0 Å². The Morgan fingerprint density at radius 2 is 2.50 bits per heavy atom. The SMILES string of the molecule is [OH+]=C1CCCO1. The van der Waals surface area contributed by atoms with E-state index in [-0.39, 0.29) is 5.97 Å². The molecule has 1 N–H and O–H groups in total. The fourth-order valence-electron chi connectivity index (χ4n) is 0.486. The topological polar surface area (TPSA) is 30.6 Å². The minimum Gasteiger partial charge on any atom is -0.339 e.